The van der Waals surface area contributed by atoms with Gasteiger partial charge in [-0.25, -0.2) is 17.9 Å². The van der Waals surface area contributed by atoms with E-state index in [-0.39, 0.29) is 29.5 Å². The molecule has 1 aromatic rings. The largest absolute Gasteiger partial charge is 0.464 e. The lowest BCUT2D eigenvalue weighted by molar-refractivity contribution is -0.147. The van der Waals surface area contributed by atoms with E-state index in [1.54, 1.807) is 24.8 Å². The summed E-state index contributed by atoms with van der Waals surface area (Å²) >= 11 is 1.58. The molecule has 2 rings (SSSR count). The van der Waals surface area contributed by atoms with Gasteiger partial charge in [0.1, 0.15) is 6.04 Å². The Balaban J connectivity index is 2.26. The summed E-state index contributed by atoms with van der Waals surface area (Å²) < 4.78 is 31.9. The topological polar surface area (TPSA) is 92.8 Å². The Morgan fingerprint density at radius 2 is 2.23 bits per heavy atom. The van der Waals surface area contributed by atoms with Crippen LogP contribution in [0, 0.1) is 0 Å². The first-order valence-electron chi connectivity index (χ1n) is 8.16. The third-order valence-corrected chi connectivity index (χ3v) is 6.20. The minimum atomic E-state index is -3.74. The van der Waals surface area contributed by atoms with Crippen LogP contribution < -0.4 is 4.72 Å². The summed E-state index contributed by atoms with van der Waals surface area (Å²) in [7, 11) is -3.74. The monoisotopic (exact) mass is 398 g/mol. The minimum Gasteiger partial charge on any atom is -0.464 e. The number of thioether (sulfide) groups is 1. The molecule has 1 atom stereocenters. The van der Waals surface area contributed by atoms with Crippen molar-refractivity contribution in [2.24, 2.45) is 0 Å². The lowest BCUT2D eigenvalue weighted by Gasteiger charge is -2.33. The highest BCUT2D eigenvalue weighted by Crippen LogP contribution is 2.21. The molecule has 1 aromatic carbocycles. The number of amides is 1. The average molecular weight is 399 g/mol. The number of carbonyl (C=O) groups excluding carboxylic acids is 2. The fourth-order valence-electron chi connectivity index (χ4n) is 2.49. The molecule has 9 heteroatoms. The predicted molar refractivity (Wildman–Crippen MR) is 101 cm³/mol. The second-order valence-corrected chi connectivity index (χ2v) is 8.43. The van der Waals surface area contributed by atoms with E-state index in [2.05, 4.69) is 11.3 Å². The van der Waals surface area contributed by atoms with Crippen LogP contribution in [0.5, 0.6) is 0 Å². The third kappa shape index (κ3) is 4.87. The van der Waals surface area contributed by atoms with E-state index < -0.39 is 22.0 Å². The van der Waals surface area contributed by atoms with Gasteiger partial charge in [-0.2, -0.15) is 11.8 Å². The zero-order chi connectivity index (χ0) is 19.2. The Hall–Kier alpha value is -1.84. The van der Waals surface area contributed by atoms with Crippen molar-refractivity contribution >= 4 is 33.7 Å². The summed E-state index contributed by atoms with van der Waals surface area (Å²) in [6.07, 6.45) is 1.43. The molecule has 0 saturated carbocycles. The Morgan fingerprint density at radius 3 is 2.92 bits per heavy atom. The number of rotatable bonds is 7. The number of sulfonamides is 1. The average Bonchev–Trinajstić information content (AvgIpc) is 2.66. The summed E-state index contributed by atoms with van der Waals surface area (Å²) in [6, 6.07) is 5.11. The molecule has 142 valence electrons. The molecule has 0 aromatic heterocycles. The van der Waals surface area contributed by atoms with Crippen LogP contribution >= 0.6 is 11.8 Å². The quantitative estimate of drug-likeness (QED) is 0.549. The van der Waals surface area contributed by atoms with Gasteiger partial charge in [-0.3, -0.25) is 4.79 Å². The van der Waals surface area contributed by atoms with Gasteiger partial charge in [-0.1, -0.05) is 12.1 Å². The summed E-state index contributed by atoms with van der Waals surface area (Å²) in [6.45, 7) is 5.92. The Morgan fingerprint density at radius 1 is 1.46 bits per heavy atom. The van der Waals surface area contributed by atoms with Gasteiger partial charge < -0.3 is 9.64 Å². The Labute approximate surface area is 157 Å². The minimum absolute atomic E-state index is 0.00994. The van der Waals surface area contributed by atoms with Gasteiger partial charge in [0.25, 0.3) is 5.91 Å². The summed E-state index contributed by atoms with van der Waals surface area (Å²) in [5.74, 6) is 0.345. The van der Waals surface area contributed by atoms with E-state index >= 15 is 0 Å². The zero-order valence-electron chi connectivity index (χ0n) is 14.5. The molecule has 1 saturated heterocycles. The number of benzene rings is 1. The van der Waals surface area contributed by atoms with Gasteiger partial charge in [0.15, 0.2) is 0 Å². The standard InChI is InChI=1S/C17H22N2O5S2/c1-3-8-18-26(22,23)14-7-5-6-13(11-14)16(20)19-9-10-25-12-15(19)17(21)24-4-2/h3,5-7,11,15,18H,1,4,8-10,12H2,2H3/t15-/m0/s1. The highest BCUT2D eigenvalue weighted by molar-refractivity contribution is 7.99. The van der Waals surface area contributed by atoms with Crippen molar-refractivity contribution < 1.29 is 22.7 Å². The molecule has 1 aliphatic rings. The lowest BCUT2D eigenvalue weighted by atomic mass is 10.1. The van der Waals surface area contributed by atoms with E-state index in [1.807, 2.05) is 0 Å². The van der Waals surface area contributed by atoms with Gasteiger partial charge in [-0.05, 0) is 25.1 Å². The van der Waals surface area contributed by atoms with Crippen molar-refractivity contribution in [2.45, 2.75) is 17.9 Å². The van der Waals surface area contributed by atoms with Gasteiger partial charge in [0, 0.05) is 30.2 Å². The van der Waals surface area contributed by atoms with Gasteiger partial charge in [0.2, 0.25) is 10.0 Å². The molecular formula is C17H22N2O5S2. The van der Waals surface area contributed by atoms with Crippen LogP contribution in [0.3, 0.4) is 0 Å². The van der Waals surface area contributed by atoms with Crippen molar-refractivity contribution in [3.8, 4) is 0 Å². The molecule has 0 unspecified atom stereocenters. The molecule has 0 bridgehead atoms. The molecule has 1 aliphatic heterocycles. The van der Waals surface area contributed by atoms with Crippen molar-refractivity contribution in [3.05, 3.63) is 42.5 Å². The first-order valence-corrected chi connectivity index (χ1v) is 10.8. The Kier molecular flexibility index (Phi) is 7.24. The molecule has 0 radical (unpaired) electrons. The molecule has 0 aliphatic carbocycles. The molecule has 1 heterocycles. The number of esters is 1. The second kappa shape index (κ2) is 9.20. The van der Waals surface area contributed by atoms with E-state index in [9.17, 15) is 18.0 Å². The van der Waals surface area contributed by atoms with Crippen LogP contribution in [-0.2, 0) is 19.6 Å². The van der Waals surface area contributed by atoms with Crippen molar-refractivity contribution in [3.63, 3.8) is 0 Å². The molecule has 1 fully saturated rings. The Bertz CT molecular complexity index is 779. The smallest absolute Gasteiger partial charge is 0.329 e. The van der Waals surface area contributed by atoms with Crippen molar-refractivity contribution in [2.75, 3.05) is 31.2 Å². The fraction of sp³-hybridized carbons (Fsp3) is 0.412. The first kappa shape index (κ1) is 20.5. The number of ether oxygens (including phenoxy) is 1. The summed E-state index contributed by atoms with van der Waals surface area (Å²) in [5.41, 5.74) is 0.215. The molecular weight excluding hydrogens is 376 g/mol. The maximum absolute atomic E-state index is 12.9. The number of hydrogen-bond acceptors (Lipinski definition) is 6. The number of hydrogen-bond donors (Lipinski definition) is 1. The molecule has 7 nitrogen and oxygen atoms in total. The third-order valence-electron chi connectivity index (χ3n) is 3.76. The van der Waals surface area contributed by atoms with E-state index in [1.165, 1.54) is 29.2 Å². The van der Waals surface area contributed by atoms with Crippen LogP contribution in [0.25, 0.3) is 0 Å². The molecule has 0 spiro atoms. The van der Waals surface area contributed by atoms with Gasteiger partial charge >= 0.3 is 5.97 Å². The number of carbonyl (C=O) groups is 2. The van der Waals surface area contributed by atoms with Crippen LogP contribution in [-0.4, -0.2) is 62.4 Å². The normalized spacial score (nSPS) is 17.6. The van der Waals surface area contributed by atoms with Crippen LogP contribution in [0.15, 0.2) is 41.8 Å². The van der Waals surface area contributed by atoms with E-state index in [0.29, 0.717) is 18.1 Å². The summed E-state index contributed by atoms with van der Waals surface area (Å²) in [4.78, 5) is 26.5. The highest BCUT2D eigenvalue weighted by atomic mass is 32.2. The lowest BCUT2D eigenvalue weighted by Crippen LogP contribution is -2.51. The summed E-state index contributed by atoms with van der Waals surface area (Å²) in [5, 5.41) is 0. The van der Waals surface area contributed by atoms with Crippen LogP contribution in [0.4, 0.5) is 0 Å². The highest BCUT2D eigenvalue weighted by Gasteiger charge is 2.34. The van der Waals surface area contributed by atoms with Gasteiger partial charge in [-0.15, -0.1) is 6.58 Å². The maximum Gasteiger partial charge on any atom is 0.329 e. The predicted octanol–water partition coefficient (Wildman–Crippen LogP) is 1.27. The van der Waals surface area contributed by atoms with E-state index in [4.69, 9.17) is 4.74 Å². The zero-order valence-corrected chi connectivity index (χ0v) is 16.1. The fourth-order valence-corrected chi connectivity index (χ4v) is 4.57. The SMILES string of the molecule is C=CCNS(=O)(=O)c1cccc(C(=O)N2CCSC[C@H]2C(=O)OCC)c1. The van der Waals surface area contributed by atoms with E-state index in [0.717, 1.165) is 0 Å². The molecule has 26 heavy (non-hydrogen) atoms. The van der Waals surface area contributed by atoms with Crippen LogP contribution in [0.2, 0.25) is 0 Å². The van der Waals surface area contributed by atoms with Gasteiger partial charge in [0.05, 0.1) is 11.5 Å². The molecule has 1 N–H and O–H groups in total. The number of nitrogens with zero attached hydrogens (tertiary/aromatic N) is 1. The first-order chi connectivity index (χ1) is 12.4. The van der Waals surface area contributed by atoms with Crippen molar-refractivity contribution in [1.29, 1.82) is 0 Å². The number of nitrogens with one attached hydrogen (secondary N) is 1. The molecule has 1 amide bonds. The van der Waals surface area contributed by atoms with Crippen molar-refractivity contribution in [1.82, 2.24) is 9.62 Å². The van der Waals surface area contributed by atoms with Crippen LogP contribution in [0.1, 0.15) is 17.3 Å². The maximum atomic E-state index is 12.9. The second-order valence-electron chi connectivity index (χ2n) is 5.51.